The molecule has 0 spiro atoms. The van der Waals surface area contributed by atoms with Crippen LogP contribution in [0.3, 0.4) is 0 Å². The maximum absolute atomic E-state index is 12.3. The monoisotopic (exact) mass is 360 g/mol. The zero-order valence-corrected chi connectivity index (χ0v) is 14.6. The number of hydrogen-bond acceptors (Lipinski definition) is 3. The second-order valence-electron chi connectivity index (χ2n) is 5.30. The van der Waals surface area contributed by atoms with Crippen molar-refractivity contribution < 1.29 is 4.79 Å². The Bertz CT molecular complexity index is 921. The van der Waals surface area contributed by atoms with E-state index in [0.717, 1.165) is 16.8 Å². The number of nitrogens with zero attached hydrogens (tertiary/aromatic N) is 3. The summed E-state index contributed by atoms with van der Waals surface area (Å²) in [4.78, 5) is 16.2. The number of aromatic nitrogens is 3. The standard InChI is InChI=1S/C17H14Cl2N4O/c1-10-5-3-4-6-12(10)14-8-15(23(2)22-14)21-17(24)11-7-13(18)16(19)20-9-11/h3-9H,1-2H3,(H,21,24). The fraction of sp³-hybridized carbons (Fsp3) is 0.118. The van der Waals surface area contributed by atoms with Crippen LogP contribution < -0.4 is 5.32 Å². The van der Waals surface area contributed by atoms with E-state index in [1.807, 2.05) is 37.3 Å². The van der Waals surface area contributed by atoms with Crippen molar-refractivity contribution in [3.05, 3.63) is 63.9 Å². The molecule has 5 nitrogen and oxygen atoms in total. The minimum Gasteiger partial charge on any atom is -0.307 e. The van der Waals surface area contributed by atoms with E-state index in [9.17, 15) is 4.79 Å². The normalized spacial score (nSPS) is 10.7. The summed E-state index contributed by atoms with van der Waals surface area (Å²) in [6.07, 6.45) is 1.38. The number of carbonyl (C=O) groups is 1. The van der Waals surface area contributed by atoms with Crippen LogP contribution in [0.5, 0.6) is 0 Å². The number of halogens is 2. The summed E-state index contributed by atoms with van der Waals surface area (Å²) in [5.74, 6) is 0.240. The number of amides is 1. The fourth-order valence-corrected chi connectivity index (χ4v) is 2.58. The first kappa shape index (κ1) is 16.5. The Labute approximate surface area is 149 Å². The molecule has 0 fully saturated rings. The van der Waals surface area contributed by atoms with Crippen LogP contribution in [0, 0.1) is 6.92 Å². The molecule has 0 saturated carbocycles. The molecule has 0 atom stereocenters. The summed E-state index contributed by atoms with van der Waals surface area (Å²) in [5, 5.41) is 7.66. The molecule has 7 heteroatoms. The van der Waals surface area contributed by atoms with E-state index >= 15 is 0 Å². The molecule has 0 radical (unpaired) electrons. The number of rotatable bonds is 3. The van der Waals surface area contributed by atoms with Crippen molar-refractivity contribution in [2.75, 3.05) is 5.32 Å². The van der Waals surface area contributed by atoms with Gasteiger partial charge in [0, 0.05) is 24.9 Å². The lowest BCUT2D eigenvalue weighted by Crippen LogP contribution is -2.14. The average Bonchev–Trinajstić information content (AvgIpc) is 2.91. The molecule has 122 valence electrons. The molecule has 0 aliphatic heterocycles. The largest absolute Gasteiger partial charge is 0.307 e. The number of anilines is 1. The third-order valence-electron chi connectivity index (χ3n) is 3.60. The van der Waals surface area contributed by atoms with Gasteiger partial charge in [0.15, 0.2) is 0 Å². The second-order valence-corrected chi connectivity index (χ2v) is 6.07. The third kappa shape index (κ3) is 3.27. The van der Waals surface area contributed by atoms with Crippen molar-refractivity contribution in [1.29, 1.82) is 0 Å². The summed E-state index contributed by atoms with van der Waals surface area (Å²) in [6.45, 7) is 2.02. The van der Waals surface area contributed by atoms with E-state index in [0.29, 0.717) is 11.4 Å². The molecular weight excluding hydrogens is 347 g/mol. The Hall–Kier alpha value is -2.37. The summed E-state index contributed by atoms with van der Waals surface area (Å²) in [6, 6.07) is 11.2. The zero-order chi connectivity index (χ0) is 17.3. The number of nitrogens with one attached hydrogen (secondary N) is 1. The third-order valence-corrected chi connectivity index (χ3v) is 4.29. The molecule has 0 aliphatic rings. The number of pyridine rings is 1. The molecule has 0 unspecified atom stereocenters. The van der Waals surface area contributed by atoms with E-state index in [4.69, 9.17) is 23.2 Å². The van der Waals surface area contributed by atoms with E-state index in [2.05, 4.69) is 15.4 Å². The maximum atomic E-state index is 12.3. The lowest BCUT2D eigenvalue weighted by atomic mass is 10.1. The van der Waals surface area contributed by atoms with Crippen molar-refractivity contribution in [2.24, 2.45) is 7.05 Å². The van der Waals surface area contributed by atoms with Crippen molar-refractivity contribution in [1.82, 2.24) is 14.8 Å². The van der Waals surface area contributed by atoms with E-state index in [1.165, 1.54) is 12.3 Å². The second kappa shape index (κ2) is 6.63. The first-order valence-electron chi connectivity index (χ1n) is 7.18. The van der Waals surface area contributed by atoms with Gasteiger partial charge in [-0.2, -0.15) is 5.10 Å². The van der Waals surface area contributed by atoms with E-state index in [1.54, 1.807) is 11.7 Å². The Kier molecular flexibility index (Phi) is 4.55. The van der Waals surface area contributed by atoms with Gasteiger partial charge >= 0.3 is 0 Å². The van der Waals surface area contributed by atoms with Crippen LogP contribution in [0.1, 0.15) is 15.9 Å². The van der Waals surface area contributed by atoms with Crippen LogP contribution >= 0.6 is 23.2 Å². The molecule has 3 rings (SSSR count). The molecule has 2 heterocycles. The Morgan fingerprint density at radius 1 is 1.21 bits per heavy atom. The van der Waals surface area contributed by atoms with Crippen molar-refractivity contribution >= 4 is 34.9 Å². The Morgan fingerprint density at radius 2 is 1.96 bits per heavy atom. The van der Waals surface area contributed by atoms with Crippen molar-refractivity contribution in [3.63, 3.8) is 0 Å². The molecule has 1 N–H and O–H groups in total. The van der Waals surface area contributed by atoms with Gasteiger partial charge in [0.05, 0.1) is 16.3 Å². The number of hydrogen-bond donors (Lipinski definition) is 1. The van der Waals surface area contributed by atoms with Crippen molar-refractivity contribution in [2.45, 2.75) is 6.92 Å². The molecule has 3 aromatic rings. The molecule has 1 aromatic carbocycles. The Balaban J connectivity index is 1.87. The van der Waals surface area contributed by atoms with Gasteiger partial charge in [-0.05, 0) is 18.6 Å². The van der Waals surface area contributed by atoms with Crippen molar-refractivity contribution in [3.8, 4) is 11.3 Å². The van der Waals surface area contributed by atoms with Crippen LogP contribution in [0.2, 0.25) is 10.2 Å². The highest BCUT2D eigenvalue weighted by Crippen LogP contribution is 2.25. The minimum absolute atomic E-state index is 0.163. The first-order chi connectivity index (χ1) is 11.5. The number of carbonyl (C=O) groups excluding carboxylic acids is 1. The highest BCUT2D eigenvalue weighted by molar-refractivity contribution is 6.41. The predicted octanol–water partition coefficient (Wildman–Crippen LogP) is 4.35. The minimum atomic E-state index is -0.333. The van der Waals surface area contributed by atoms with Gasteiger partial charge in [-0.15, -0.1) is 0 Å². The van der Waals surface area contributed by atoms with Gasteiger partial charge in [0.25, 0.3) is 5.91 Å². The maximum Gasteiger partial charge on any atom is 0.258 e. The smallest absolute Gasteiger partial charge is 0.258 e. The van der Waals surface area contributed by atoms with Crippen LogP contribution in [-0.4, -0.2) is 20.7 Å². The SMILES string of the molecule is Cc1ccccc1-c1cc(NC(=O)c2cnc(Cl)c(Cl)c2)n(C)n1. The average molecular weight is 361 g/mol. The quantitative estimate of drug-likeness (QED) is 0.706. The van der Waals surface area contributed by atoms with E-state index < -0.39 is 0 Å². The topological polar surface area (TPSA) is 59.8 Å². The summed E-state index contributed by atoms with van der Waals surface area (Å²) < 4.78 is 1.62. The zero-order valence-electron chi connectivity index (χ0n) is 13.0. The molecule has 2 aromatic heterocycles. The lowest BCUT2D eigenvalue weighted by Gasteiger charge is -2.05. The highest BCUT2D eigenvalue weighted by atomic mass is 35.5. The summed E-state index contributed by atoms with van der Waals surface area (Å²) in [5.41, 5.74) is 3.24. The molecule has 0 aliphatic carbocycles. The van der Waals surface area contributed by atoms with Gasteiger partial charge in [-0.1, -0.05) is 47.5 Å². The number of benzene rings is 1. The van der Waals surface area contributed by atoms with Crippen LogP contribution in [0.25, 0.3) is 11.3 Å². The summed E-state index contributed by atoms with van der Waals surface area (Å²) >= 11 is 11.7. The molecule has 0 bridgehead atoms. The van der Waals surface area contributed by atoms with Gasteiger partial charge in [-0.25, -0.2) is 4.98 Å². The van der Waals surface area contributed by atoms with Gasteiger partial charge < -0.3 is 5.32 Å². The van der Waals surface area contributed by atoms with Gasteiger partial charge in [-0.3, -0.25) is 9.48 Å². The van der Waals surface area contributed by atoms with Gasteiger partial charge in [0.2, 0.25) is 0 Å². The highest BCUT2D eigenvalue weighted by Gasteiger charge is 2.14. The molecular formula is C17H14Cl2N4O. The van der Waals surface area contributed by atoms with E-state index in [-0.39, 0.29) is 16.1 Å². The lowest BCUT2D eigenvalue weighted by molar-refractivity contribution is 0.102. The Morgan fingerprint density at radius 3 is 2.67 bits per heavy atom. The predicted molar refractivity (Wildman–Crippen MR) is 95.6 cm³/mol. The van der Waals surface area contributed by atoms with Gasteiger partial charge in [0.1, 0.15) is 11.0 Å². The van der Waals surface area contributed by atoms with Crippen LogP contribution in [0.4, 0.5) is 5.82 Å². The van der Waals surface area contributed by atoms with Crippen LogP contribution in [-0.2, 0) is 7.05 Å². The fourth-order valence-electron chi connectivity index (χ4n) is 2.31. The molecule has 1 amide bonds. The first-order valence-corrected chi connectivity index (χ1v) is 7.93. The molecule has 24 heavy (non-hydrogen) atoms. The van der Waals surface area contributed by atoms with Crippen LogP contribution in [0.15, 0.2) is 42.6 Å². The molecule has 0 saturated heterocycles. The number of aryl methyl sites for hydroxylation is 2. The summed E-state index contributed by atoms with van der Waals surface area (Å²) in [7, 11) is 1.77.